The van der Waals surface area contributed by atoms with Crippen molar-refractivity contribution in [1.29, 1.82) is 0 Å². The molecule has 0 aromatic heterocycles. The molecule has 94 valence electrons. The van der Waals surface area contributed by atoms with Crippen LogP contribution in [0.15, 0.2) is 11.6 Å². The first-order valence-electron chi connectivity index (χ1n) is 5.19. The first-order valence-corrected chi connectivity index (χ1v) is 5.19. The number of phenolic OH excluding ortho intramolecular Hbond substituents is 3. The number of Topliss-reactive ketones (excluding diaryl/α,β-unsaturated/α-hetero) is 2. The molecule has 0 amide bonds. The Bertz CT molecular complexity index is 611. The first kappa shape index (κ1) is 12.0. The van der Waals surface area contributed by atoms with Crippen LogP contribution >= 0.6 is 0 Å². The van der Waals surface area contributed by atoms with E-state index < -0.39 is 34.6 Å². The standard InChI is InChI=1S/C12H10O6/c1-2-4-8(14)7-5(10(16)9(4)15)3-6(13)11(17)12(7)18/h3,13-14,17-18H,2H2,1H3. The number of rotatable bonds is 1. The molecule has 0 bridgehead atoms. The van der Waals surface area contributed by atoms with Crippen LogP contribution in [-0.4, -0.2) is 32.0 Å². The zero-order chi connectivity index (χ0) is 13.6. The first-order chi connectivity index (χ1) is 8.40. The van der Waals surface area contributed by atoms with Gasteiger partial charge in [0.25, 0.3) is 0 Å². The maximum absolute atomic E-state index is 11.7. The van der Waals surface area contributed by atoms with E-state index in [4.69, 9.17) is 0 Å². The molecule has 1 aromatic rings. The number of carbonyl (C=O) groups is 2. The summed E-state index contributed by atoms with van der Waals surface area (Å²) in [6, 6.07) is 0.841. The molecule has 0 aliphatic heterocycles. The normalized spacial score (nSPS) is 14.9. The third-order valence-electron chi connectivity index (χ3n) is 2.86. The number of hydrogen-bond donors (Lipinski definition) is 4. The predicted molar refractivity (Wildman–Crippen MR) is 60.6 cm³/mol. The molecule has 1 aliphatic carbocycles. The predicted octanol–water partition coefficient (Wildman–Crippen LogP) is 1.25. The lowest BCUT2D eigenvalue weighted by Crippen LogP contribution is -2.23. The summed E-state index contributed by atoms with van der Waals surface area (Å²) in [4.78, 5) is 23.4. The van der Waals surface area contributed by atoms with Gasteiger partial charge < -0.3 is 20.4 Å². The van der Waals surface area contributed by atoms with Crippen molar-refractivity contribution >= 4 is 17.3 Å². The molecule has 6 nitrogen and oxygen atoms in total. The summed E-state index contributed by atoms with van der Waals surface area (Å²) in [6.07, 6.45) is 0.108. The van der Waals surface area contributed by atoms with Crippen LogP contribution in [0.3, 0.4) is 0 Å². The maximum Gasteiger partial charge on any atom is 0.234 e. The Morgan fingerprint density at radius 1 is 1.00 bits per heavy atom. The van der Waals surface area contributed by atoms with E-state index in [-0.39, 0.29) is 23.1 Å². The van der Waals surface area contributed by atoms with Gasteiger partial charge in [-0.1, -0.05) is 6.92 Å². The van der Waals surface area contributed by atoms with Crippen LogP contribution in [0, 0.1) is 0 Å². The van der Waals surface area contributed by atoms with Gasteiger partial charge in [0, 0.05) is 11.1 Å². The molecular formula is C12H10O6. The molecule has 1 aromatic carbocycles. The van der Waals surface area contributed by atoms with Gasteiger partial charge in [-0.2, -0.15) is 0 Å². The molecule has 0 unspecified atom stereocenters. The van der Waals surface area contributed by atoms with Gasteiger partial charge in [-0.15, -0.1) is 0 Å². The molecule has 18 heavy (non-hydrogen) atoms. The third kappa shape index (κ3) is 1.35. The molecule has 0 saturated heterocycles. The van der Waals surface area contributed by atoms with Crippen molar-refractivity contribution in [2.75, 3.05) is 0 Å². The minimum Gasteiger partial charge on any atom is -0.507 e. The topological polar surface area (TPSA) is 115 Å². The van der Waals surface area contributed by atoms with Gasteiger partial charge in [-0.25, -0.2) is 0 Å². The molecule has 0 atom stereocenters. The van der Waals surface area contributed by atoms with Crippen LogP contribution in [0.1, 0.15) is 29.3 Å². The van der Waals surface area contributed by atoms with Crippen LogP contribution in [-0.2, 0) is 4.79 Å². The summed E-state index contributed by atoms with van der Waals surface area (Å²) in [5.74, 6) is -4.78. The molecule has 0 spiro atoms. The maximum atomic E-state index is 11.7. The van der Waals surface area contributed by atoms with Gasteiger partial charge in [0.05, 0.1) is 5.56 Å². The third-order valence-corrected chi connectivity index (χ3v) is 2.86. The van der Waals surface area contributed by atoms with E-state index in [2.05, 4.69) is 0 Å². The van der Waals surface area contributed by atoms with E-state index >= 15 is 0 Å². The van der Waals surface area contributed by atoms with E-state index in [0.29, 0.717) is 0 Å². The number of aromatic hydroxyl groups is 3. The molecule has 6 heteroatoms. The number of ketones is 2. The van der Waals surface area contributed by atoms with Gasteiger partial charge in [-0.05, 0) is 12.5 Å². The van der Waals surface area contributed by atoms with Gasteiger partial charge in [-0.3, -0.25) is 9.59 Å². The van der Waals surface area contributed by atoms with E-state index in [1.54, 1.807) is 6.92 Å². The highest BCUT2D eigenvalue weighted by Gasteiger charge is 2.35. The number of phenols is 3. The van der Waals surface area contributed by atoms with Crippen LogP contribution in [0.5, 0.6) is 17.2 Å². The second-order valence-corrected chi connectivity index (χ2v) is 3.85. The van der Waals surface area contributed by atoms with Crippen molar-refractivity contribution in [2.45, 2.75) is 13.3 Å². The Morgan fingerprint density at radius 2 is 1.61 bits per heavy atom. The minimum atomic E-state index is -0.940. The quantitative estimate of drug-likeness (QED) is 0.440. The van der Waals surface area contributed by atoms with Crippen LogP contribution in [0.2, 0.25) is 0 Å². The number of fused-ring (bicyclic) bond motifs is 1. The highest BCUT2D eigenvalue weighted by molar-refractivity contribution is 6.52. The highest BCUT2D eigenvalue weighted by atomic mass is 16.3. The van der Waals surface area contributed by atoms with Crippen molar-refractivity contribution in [3.8, 4) is 17.2 Å². The van der Waals surface area contributed by atoms with Crippen molar-refractivity contribution in [3.63, 3.8) is 0 Å². The lowest BCUT2D eigenvalue weighted by Gasteiger charge is -2.18. The average Bonchev–Trinajstić information content (AvgIpc) is 2.33. The second-order valence-electron chi connectivity index (χ2n) is 3.85. The van der Waals surface area contributed by atoms with Gasteiger partial charge in [0.15, 0.2) is 11.5 Å². The summed E-state index contributed by atoms with van der Waals surface area (Å²) in [7, 11) is 0. The molecule has 1 aliphatic rings. The van der Waals surface area contributed by atoms with E-state index in [1.807, 2.05) is 0 Å². The average molecular weight is 250 g/mol. The monoisotopic (exact) mass is 250 g/mol. The van der Waals surface area contributed by atoms with Crippen molar-refractivity contribution in [3.05, 3.63) is 22.8 Å². The summed E-state index contributed by atoms with van der Waals surface area (Å²) < 4.78 is 0. The molecular weight excluding hydrogens is 240 g/mol. The Balaban J connectivity index is 2.89. The van der Waals surface area contributed by atoms with Gasteiger partial charge in [0.2, 0.25) is 17.3 Å². The zero-order valence-electron chi connectivity index (χ0n) is 9.39. The number of allylic oxidation sites excluding steroid dienone is 1. The smallest absolute Gasteiger partial charge is 0.234 e. The fourth-order valence-electron chi connectivity index (χ4n) is 1.91. The summed E-state index contributed by atoms with van der Waals surface area (Å²) in [6.45, 7) is 1.57. The zero-order valence-corrected chi connectivity index (χ0v) is 9.39. The second kappa shape index (κ2) is 3.76. The van der Waals surface area contributed by atoms with Crippen molar-refractivity contribution in [2.24, 2.45) is 0 Å². The Hall–Kier alpha value is -2.50. The Labute approximate surface area is 101 Å². The number of aliphatic hydroxyl groups excluding tert-OH is 1. The Kier molecular flexibility index (Phi) is 2.50. The number of aliphatic hydroxyl groups is 1. The van der Waals surface area contributed by atoms with Gasteiger partial charge >= 0.3 is 0 Å². The van der Waals surface area contributed by atoms with Crippen molar-refractivity contribution in [1.82, 2.24) is 0 Å². The molecule has 0 heterocycles. The summed E-state index contributed by atoms with van der Waals surface area (Å²) in [5.41, 5.74) is -0.790. The highest BCUT2D eigenvalue weighted by Crippen LogP contribution is 2.45. The Morgan fingerprint density at radius 3 is 2.17 bits per heavy atom. The molecule has 2 rings (SSSR count). The van der Waals surface area contributed by atoms with E-state index in [9.17, 15) is 30.0 Å². The molecule has 0 fully saturated rings. The molecule has 4 N–H and O–H groups in total. The largest absolute Gasteiger partial charge is 0.507 e. The van der Waals surface area contributed by atoms with Gasteiger partial charge in [0.1, 0.15) is 5.76 Å². The minimum absolute atomic E-state index is 0.108. The van der Waals surface area contributed by atoms with E-state index in [1.165, 1.54) is 0 Å². The lowest BCUT2D eigenvalue weighted by molar-refractivity contribution is -0.112. The summed E-state index contributed by atoms with van der Waals surface area (Å²) >= 11 is 0. The summed E-state index contributed by atoms with van der Waals surface area (Å²) in [5, 5.41) is 38.2. The molecule has 0 saturated carbocycles. The lowest BCUT2D eigenvalue weighted by atomic mass is 9.86. The SMILES string of the molecule is CCC1=C(O)c2c(cc(O)c(O)c2O)C(=O)C1=O. The van der Waals surface area contributed by atoms with Crippen LogP contribution < -0.4 is 0 Å². The van der Waals surface area contributed by atoms with Crippen LogP contribution in [0.25, 0.3) is 5.76 Å². The molecule has 0 radical (unpaired) electrons. The van der Waals surface area contributed by atoms with E-state index in [0.717, 1.165) is 6.07 Å². The number of carbonyl (C=O) groups excluding carboxylic acids is 2. The fraction of sp³-hybridized carbons (Fsp3) is 0.167. The van der Waals surface area contributed by atoms with Crippen molar-refractivity contribution < 1.29 is 30.0 Å². The number of hydrogen-bond acceptors (Lipinski definition) is 6. The van der Waals surface area contributed by atoms with Crippen LogP contribution in [0.4, 0.5) is 0 Å². The fourth-order valence-corrected chi connectivity index (χ4v) is 1.91. The number of benzene rings is 1.